The van der Waals surface area contributed by atoms with E-state index in [4.69, 9.17) is 9.47 Å². The molecule has 21 heavy (non-hydrogen) atoms. The molecule has 0 bridgehead atoms. The van der Waals surface area contributed by atoms with Crippen molar-refractivity contribution in [3.05, 3.63) is 39.9 Å². The first-order valence-electron chi connectivity index (χ1n) is 6.70. The average molecular weight is 353 g/mol. The van der Waals surface area contributed by atoms with Gasteiger partial charge in [-0.15, -0.1) is 0 Å². The number of esters is 2. The van der Waals surface area contributed by atoms with E-state index in [1.165, 1.54) is 19.8 Å². The van der Waals surface area contributed by atoms with Gasteiger partial charge in [0.25, 0.3) is 0 Å². The normalized spacial score (nSPS) is 13.0. The maximum Gasteiger partial charge on any atom is 0.320 e. The molecule has 0 aliphatic heterocycles. The summed E-state index contributed by atoms with van der Waals surface area (Å²) >= 11 is 3.52. The quantitative estimate of drug-likeness (QED) is 0.602. The lowest BCUT2D eigenvalue weighted by Gasteiger charge is -2.16. The second-order valence-electron chi connectivity index (χ2n) is 4.86. The molecule has 0 unspecified atom stereocenters. The van der Waals surface area contributed by atoms with Crippen LogP contribution in [-0.4, -0.2) is 26.2 Å². The van der Waals surface area contributed by atoms with Crippen LogP contribution >= 0.6 is 15.9 Å². The molecule has 5 heteroatoms. The molecule has 2 rings (SSSR count). The van der Waals surface area contributed by atoms with Crippen LogP contribution in [0.5, 0.6) is 0 Å². The molecule has 0 heterocycles. The third kappa shape index (κ3) is 3.73. The molecule has 0 saturated heterocycles. The molecule has 1 aromatic carbocycles. The van der Waals surface area contributed by atoms with E-state index in [1.54, 1.807) is 0 Å². The number of halogens is 1. The lowest BCUT2D eigenvalue weighted by molar-refractivity contribution is -0.158. The molecule has 0 radical (unpaired) electrons. The molecule has 0 atom stereocenters. The Morgan fingerprint density at radius 3 is 2.19 bits per heavy atom. The zero-order chi connectivity index (χ0) is 15.4. The second-order valence-corrected chi connectivity index (χ2v) is 5.72. The summed E-state index contributed by atoms with van der Waals surface area (Å²) in [5, 5.41) is 0. The summed E-state index contributed by atoms with van der Waals surface area (Å²) < 4.78 is 10.4. The largest absolute Gasteiger partial charge is 0.468 e. The van der Waals surface area contributed by atoms with E-state index in [-0.39, 0.29) is 0 Å². The Morgan fingerprint density at radius 1 is 1.14 bits per heavy atom. The molecule has 1 aromatic rings. The highest BCUT2D eigenvalue weighted by molar-refractivity contribution is 9.10. The summed E-state index contributed by atoms with van der Waals surface area (Å²) in [6, 6.07) is 7.80. The molecule has 1 saturated carbocycles. The van der Waals surface area contributed by atoms with Gasteiger partial charge in [-0.1, -0.05) is 39.7 Å². The van der Waals surface area contributed by atoms with Crippen LogP contribution in [0.4, 0.5) is 0 Å². The van der Waals surface area contributed by atoms with Crippen molar-refractivity contribution in [1.29, 1.82) is 0 Å². The molecule has 112 valence electrons. The molecule has 0 aromatic heterocycles. The van der Waals surface area contributed by atoms with E-state index >= 15 is 0 Å². The van der Waals surface area contributed by atoms with Gasteiger partial charge in [0.15, 0.2) is 5.92 Å². The first-order chi connectivity index (χ1) is 10.1. The van der Waals surface area contributed by atoms with Crippen molar-refractivity contribution in [2.75, 3.05) is 14.2 Å². The smallest absolute Gasteiger partial charge is 0.320 e. The molecule has 1 aliphatic rings. The SMILES string of the molecule is COC(=O)C(CC(=C1CC1)c1ccccc1Br)C(=O)OC. The third-order valence-corrected chi connectivity index (χ3v) is 4.20. The molecular formula is C16H17BrO4. The van der Waals surface area contributed by atoms with Crippen molar-refractivity contribution >= 4 is 33.4 Å². The number of methoxy groups -OCH3 is 2. The maximum absolute atomic E-state index is 11.8. The van der Waals surface area contributed by atoms with E-state index in [0.29, 0.717) is 6.42 Å². The lowest BCUT2D eigenvalue weighted by atomic mass is 9.93. The number of allylic oxidation sites excluding steroid dienone is 2. The summed E-state index contributed by atoms with van der Waals surface area (Å²) in [7, 11) is 2.56. The Balaban J connectivity index is 2.33. The van der Waals surface area contributed by atoms with Crippen LogP contribution in [0.15, 0.2) is 34.3 Å². The third-order valence-electron chi connectivity index (χ3n) is 3.51. The summed E-state index contributed by atoms with van der Waals surface area (Å²) in [5.41, 5.74) is 3.32. The summed E-state index contributed by atoms with van der Waals surface area (Å²) in [6.07, 6.45) is 2.31. The minimum atomic E-state index is -0.921. The molecule has 0 N–H and O–H groups in total. The van der Waals surface area contributed by atoms with Gasteiger partial charge in [-0.25, -0.2) is 0 Å². The maximum atomic E-state index is 11.8. The van der Waals surface area contributed by atoms with Gasteiger partial charge < -0.3 is 9.47 Å². The van der Waals surface area contributed by atoms with Crippen LogP contribution in [-0.2, 0) is 19.1 Å². The highest BCUT2D eigenvalue weighted by Gasteiger charge is 2.32. The van der Waals surface area contributed by atoms with Gasteiger partial charge in [0.1, 0.15) is 0 Å². The van der Waals surface area contributed by atoms with Crippen molar-refractivity contribution < 1.29 is 19.1 Å². The molecular weight excluding hydrogens is 336 g/mol. The van der Waals surface area contributed by atoms with Gasteiger partial charge in [0.05, 0.1) is 14.2 Å². The molecule has 1 fully saturated rings. The van der Waals surface area contributed by atoms with E-state index in [0.717, 1.165) is 28.5 Å². The minimum absolute atomic E-state index is 0.303. The van der Waals surface area contributed by atoms with E-state index in [2.05, 4.69) is 15.9 Å². The number of hydrogen-bond donors (Lipinski definition) is 0. The number of hydrogen-bond acceptors (Lipinski definition) is 4. The fourth-order valence-electron chi connectivity index (χ4n) is 2.27. The molecule has 0 spiro atoms. The van der Waals surface area contributed by atoms with Crippen LogP contribution in [0.3, 0.4) is 0 Å². The van der Waals surface area contributed by atoms with E-state index in [1.807, 2.05) is 24.3 Å². The van der Waals surface area contributed by atoms with Crippen LogP contribution < -0.4 is 0 Å². The van der Waals surface area contributed by atoms with E-state index in [9.17, 15) is 9.59 Å². The Bertz CT molecular complexity index is 570. The second kappa shape index (κ2) is 6.89. The fourth-order valence-corrected chi connectivity index (χ4v) is 2.79. The van der Waals surface area contributed by atoms with Crippen LogP contribution in [0.1, 0.15) is 24.8 Å². The van der Waals surface area contributed by atoms with Crippen molar-refractivity contribution in [1.82, 2.24) is 0 Å². The number of carbonyl (C=O) groups is 2. The fraction of sp³-hybridized carbons (Fsp3) is 0.375. The Labute approximate surface area is 132 Å². The standard InChI is InChI=1S/C16H17BrO4/c1-20-15(18)13(16(19)21-2)9-12(10-7-8-10)11-5-3-4-6-14(11)17/h3-6,13H,7-9H2,1-2H3. The highest BCUT2D eigenvalue weighted by atomic mass is 79.9. The Hall–Kier alpha value is -1.62. The molecule has 0 amide bonds. The predicted octanol–water partition coefficient (Wildman–Crippen LogP) is 3.35. The van der Waals surface area contributed by atoms with Crippen molar-refractivity contribution in [2.45, 2.75) is 19.3 Å². The van der Waals surface area contributed by atoms with Crippen LogP contribution in [0.2, 0.25) is 0 Å². The molecule has 4 nitrogen and oxygen atoms in total. The van der Waals surface area contributed by atoms with Gasteiger partial charge in [0.2, 0.25) is 0 Å². The lowest BCUT2D eigenvalue weighted by Crippen LogP contribution is -2.26. The number of rotatable bonds is 5. The van der Waals surface area contributed by atoms with Gasteiger partial charge in [0, 0.05) is 4.47 Å². The molecule has 1 aliphatic carbocycles. The average Bonchev–Trinajstić information content (AvgIpc) is 3.33. The Morgan fingerprint density at radius 2 is 1.71 bits per heavy atom. The first-order valence-corrected chi connectivity index (χ1v) is 7.49. The summed E-state index contributed by atoms with van der Waals surface area (Å²) in [4.78, 5) is 23.7. The van der Waals surface area contributed by atoms with Crippen molar-refractivity contribution in [2.24, 2.45) is 5.92 Å². The van der Waals surface area contributed by atoms with Gasteiger partial charge >= 0.3 is 11.9 Å². The monoisotopic (exact) mass is 352 g/mol. The summed E-state index contributed by atoms with van der Waals surface area (Å²) in [5.74, 6) is -2.05. The zero-order valence-electron chi connectivity index (χ0n) is 12.0. The van der Waals surface area contributed by atoms with Crippen molar-refractivity contribution in [3.8, 4) is 0 Å². The number of benzene rings is 1. The van der Waals surface area contributed by atoms with E-state index < -0.39 is 17.9 Å². The number of ether oxygens (including phenoxy) is 2. The van der Waals surface area contributed by atoms with Crippen molar-refractivity contribution in [3.63, 3.8) is 0 Å². The van der Waals surface area contributed by atoms with Gasteiger partial charge in [-0.3, -0.25) is 9.59 Å². The number of carbonyl (C=O) groups excluding carboxylic acids is 2. The predicted molar refractivity (Wildman–Crippen MR) is 82.4 cm³/mol. The van der Waals surface area contributed by atoms with Crippen LogP contribution in [0.25, 0.3) is 5.57 Å². The summed E-state index contributed by atoms with van der Waals surface area (Å²) in [6.45, 7) is 0. The zero-order valence-corrected chi connectivity index (χ0v) is 13.6. The van der Waals surface area contributed by atoms with Crippen LogP contribution in [0, 0.1) is 5.92 Å². The minimum Gasteiger partial charge on any atom is -0.468 e. The first kappa shape index (κ1) is 15.8. The van der Waals surface area contributed by atoms with Gasteiger partial charge in [-0.05, 0) is 36.5 Å². The Kier molecular flexibility index (Phi) is 5.17. The topological polar surface area (TPSA) is 52.6 Å². The van der Waals surface area contributed by atoms with Gasteiger partial charge in [-0.2, -0.15) is 0 Å². The highest BCUT2D eigenvalue weighted by Crippen LogP contribution is 2.41.